The molecule has 0 aliphatic rings. The van der Waals surface area contributed by atoms with Gasteiger partial charge in [0, 0.05) is 23.8 Å². The van der Waals surface area contributed by atoms with Crippen molar-refractivity contribution in [3.8, 4) is 11.3 Å². The highest BCUT2D eigenvalue weighted by molar-refractivity contribution is 5.78. The third-order valence-corrected chi connectivity index (χ3v) is 3.64. The van der Waals surface area contributed by atoms with E-state index >= 15 is 0 Å². The van der Waals surface area contributed by atoms with Crippen molar-refractivity contribution in [2.24, 2.45) is 5.10 Å². The van der Waals surface area contributed by atoms with Crippen molar-refractivity contribution in [2.75, 3.05) is 5.43 Å². The van der Waals surface area contributed by atoms with Gasteiger partial charge in [0.15, 0.2) is 0 Å². The highest BCUT2D eigenvalue weighted by atomic mass is 16.6. The number of aryl methyl sites for hydroxylation is 1. The summed E-state index contributed by atoms with van der Waals surface area (Å²) in [5.74, 6) is 1.35. The summed E-state index contributed by atoms with van der Waals surface area (Å²) in [5.41, 5.74) is 4.00. The number of benzene rings is 1. The number of hydrogen-bond acceptors (Lipinski definition) is 8. The zero-order valence-electron chi connectivity index (χ0n) is 14.0. The number of furan rings is 1. The molecule has 0 radical (unpaired) electrons. The van der Waals surface area contributed by atoms with E-state index in [1.807, 2.05) is 0 Å². The van der Waals surface area contributed by atoms with Gasteiger partial charge in [-0.1, -0.05) is 0 Å². The van der Waals surface area contributed by atoms with Crippen LogP contribution >= 0.6 is 0 Å². The van der Waals surface area contributed by atoms with Gasteiger partial charge in [0.25, 0.3) is 11.4 Å². The molecule has 136 valence electrons. The first-order chi connectivity index (χ1) is 12.9. The van der Waals surface area contributed by atoms with Crippen LogP contribution in [0, 0.1) is 27.2 Å². The monoisotopic (exact) mass is 367 g/mol. The van der Waals surface area contributed by atoms with Crippen molar-refractivity contribution in [3.63, 3.8) is 0 Å². The minimum Gasteiger partial charge on any atom is -0.455 e. The Kier molecular flexibility index (Phi) is 4.88. The molecule has 2 heterocycles. The molecule has 10 nitrogen and oxygen atoms in total. The Morgan fingerprint density at radius 3 is 2.44 bits per heavy atom. The maximum atomic E-state index is 10.8. The molecule has 1 N–H and O–H groups in total. The van der Waals surface area contributed by atoms with Gasteiger partial charge in [-0.3, -0.25) is 25.7 Å². The number of pyridine rings is 1. The number of hydrogen-bond donors (Lipinski definition) is 1. The van der Waals surface area contributed by atoms with E-state index in [4.69, 9.17) is 4.42 Å². The van der Waals surface area contributed by atoms with Crippen LogP contribution in [-0.4, -0.2) is 21.0 Å². The SMILES string of the molecule is Cc1cc([N+](=O)[O-])ccc1-c1ccc(/C=N\Nc2ccc([N+](=O)[O-])cn2)o1. The van der Waals surface area contributed by atoms with Crippen LogP contribution in [-0.2, 0) is 0 Å². The number of nitrogens with zero attached hydrogens (tertiary/aromatic N) is 4. The lowest BCUT2D eigenvalue weighted by atomic mass is 10.1. The molecule has 0 saturated carbocycles. The van der Waals surface area contributed by atoms with Gasteiger partial charge in [0.2, 0.25) is 0 Å². The number of nitro groups is 2. The van der Waals surface area contributed by atoms with Crippen molar-refractivity contribution in [1.82, 2.24) is 4.98 Å². The van der Waals surface area contributed by atoms with Gasteiger partial charge in [0.05, 0.1) is 16.1 Å². The molecular weight excluding hydrogens is 354 g/mol. The summed E-state index contributed by atoms with van der Waals surface area (Å²) in [5, 5.41) is 25.4. The van der Waals surface area contributed by atoms with Crippen molar-refractivity contribution >= 4 is 23.4 Å². The third-order valence-electron chi connectivity index (χ3n) is 3.64. The molecule has 0 spiro atoms. The van der Waals surface area contributed by atoms with Crippen LogP contribution < -0.4 is 5.43 Å². The fourth-order valence-electron chi connectivity index (χ4n) is 2.33. The second kappa shape index (κ2) is 7.44. The van der Waals surface area contributed by atoms with Crippen LogP contribution in [0.2, 0.25) is 0 Å². The first kappa shape index (κ1) is 17.7. The molecule has 0 unspecified atom stereocenters. The normalized spacial score (nSPS) is 10.9. The first-order valence-electron chi connectivity index (χ1n) is 7.69. The van der Waals surface area contributed by atoms with Gasteiger partial charge < -0.3 is 4.42 Å². The molecule has 0 bridgehead atoms. The molecule has 27 heavy (non-hydrogen) atoms. The lowest BCUT2D eigenvalue weighted by Gasteiger charge is -2.02. The lowest BCUT2D eigenvalue weighted by Crippen LogP contribution is -1.94. The number of nitrogens with one attached hydrogen (secondary N) is 1. The van der Waals surface area contributed by atoms with Crippen LogP contribution in [0.3, 0.4) is 0 Å². The molecule has 10 heteroatoms. The largest absolute Gasteiger partial charge is 0.455 e. The van der Waals surface area contributed by atoms with Gasteiger partial charge in [-0.05, 0) is 36.8 Å². The maximum absolute atomic E-state index is 10.8. The molecule has 0 aliphatic carbocycles. The molecular formula is C17H13N5O5. The first-order valence-corrected chi connectivity index (χ1v) is 7.69. The summed E-state index contributed by atoms with van der Waals surface area (Å²) in [6.45, 7) is 1.76. The second-order valence-corrected chi connectivity index (χ2v) is 5.49. The average Bonchev–Trinajstić information content (AvgIpc) is 3.10. The highest BCUT2D eigenvalue weighted by Crippen LogP contribution is 2.28. The van der Waals surface area contributed by atoms with E-state index in [-0.39, 0.29) is 11.4 Å². The summed E-state index contributed by atoms with van der Waals surface area (Å²) >= 11 is 0. The predicted molar refractivity (Wildman–Crippen MR) is 97.6 cm³/mol. The molecule has 0 fully saturated rings. The predicted octanol–water partition coefficient (Wildman–Crippen LogP) is 3.91. The van der Waals surface area contributed by atoms with Crippen LogP contribution in [0.25, 0.3) is 11.3 Å². The van der Waals surface area contributed by atoms with Gasteiger partial charge in [-0.25, -0.2) is 4.98 Å². The fraction of sp³-hybridized carbons (Fsp3) is 0.0588. The number of anilines is 1. The number of nitro benzene ring substituents is 1. The van der Waals surface area contributed by atoms with Crippen molar-refractivity contribution in [2.45, 2.75) is 6.92 Å². The smallest absolute Gasteiger partial charge is 0.287 e. The van der Waals surface area contributed by atoms with Crippen molar-refractivity contribution in [3.05, 3.63) is 80.2 Å². The molecule has 0 aliphatic heterocycles. The third kappa shape index (κ3) is 4.12. The van der Waals surface area contributed by atoms with E-state index in [2.05, 4.69) is 15.5 Å². The van der Waals surface area contributed by atoms with Crippen molar-refractivity contribution in [1.29, 1.82) is 0 Å². The second-order valence-electron chi connectivity index (χ2n) is 5.49. The van der Waals surface area contributed by atoms with Gasteiger partial charge in [-0.15, -0.1) is 0 Å². The molecule has 1 aromatic carbocycles. The minimum atomic E-state index is -0.537. The lowest BCUT2D eigenvalue weighted by molar-refractivity contribution is -0.385. The number of aromatic nitrogens is 1. The zero-order chi connectivity index (χ0) is 19.4. The van der Waals surface area contributed by atoms with Crippen LogP contribution in [0.15, 0.2) is 58.2 Å². The summed E-state index contributed by atoms with van der Waals surface area (Å²) in [6.07, 6.45) is 2.55. The zero-order valence-corrected chi connectivity index (χ0v) is 14.0. The summed E-state index contributed by atoms with van der Waals surface area (Å²) in [6, 6.07) is 10.7. The Bertz CT molecular complexity index is 1030. The quantitative estimate of drug-likeness (QED) is 0.396. The minimum absolute atomic E-state index is 0.0180. The van der Waals surface area contributed by atoms with E-state index in [1.54, 1.807) is 25.1 Å². The Morgan fingerprint density at radius 2 is 1.81 bits per heavy atom. The summed E-state index contributed by atoms with van der Waals surface area (Å²) in [7, 11) is 0. The Labute approximate surface area is 152 Å². The van der Waals surface area contributed by atoms with E-state index in [0.29, 0.717) is 17.3 Å². The number of rotatable bonds is 6. The summed E-state index contributed by atoms with van der Waals surface area (Å²) in [4.78, 5) is 24.3. The van der Waals surface area contributed by atoms with Gasteiger partial charge >= 0.3 is 0 Å². The van der Waals surface area contributed by atoms with Gasteiger partial charge in [0.1, 0.15) is 23.5 Å². The molecule has 3 aromatic rings. The summed E-state index contributed by atoms with van der Waals surface area (Å²) < 4.78 is 5.67. The maximum Gasteiger partial charge on any atom is 0.287 e. The van der Waals surface area contributed by atoms with E-state index in [9.17, 15) is 20.2 Å². The van der Waals surface area contributed by atoms with Crippen molar-refractivity contribution < 1.29 is 14.3 Å². The molecule has 3 rings (SSSR count). The number of hydrazone groups is 1. The Morgan fingerprint density at radius 1 is 1.07 bits per heavy atom. The Balaban J connectivity index is 1.69. The van der Waals surface area contributed by atoms with Gasteiger partial charge in [-0.2, -0.15) is 5.10 Å². The topological polar surface area (TPSA) is 137 Å². The molecule has 0 saturated heterocycles. The average molecular weight is 367 g/mol. The fourth-order valence-corrected chi connectivity index (χ4v) is 2.33. The highest BCUT2D eigenvalue weighted by Gasteiger charge is 2.12. The number of non-ortho nitro benzene ring substituents is 1. The van der Waals surface area contributed by atoms with E-state index in [0.717, 1.165) is 17.3 Å². The van der Waals surface area contributed by atoms with Crippen LogP contribution in [0.5, 0.6) is 0 Å². The van der Waals surface area contributed by atoms with Crippen LogP contribution in [0.1, 0.15) is 11.3 Å². The van der Waals surface area contributed by atoms with E-state index in [1.165, 1.54) is 30.5 Å². The molecule has 2 aromatic heterocycles. The standard InChI is InChI=1S/C17H13N5O5/c1-11-8-12(21(23)24)2-5-15(11)16-6-4-14(27-16)10-19-20-17-7-3-13(9-18-17)22(25)26/h2-10H,1H3,(H,18,20)/b19-10-. The Hall–Kier alpha value is -4.08. The van der Waals surface area contributed by atoms with E-state index < -0.39 is 9.85 Å². The molecule has 0 amide bonds. The van der Waals surface area contributed by atoms with Crippen LogP contribution in [0.4, 0.5) is 17.2 Å². The molecule has 0 atom stereocenters.